The van der Waals surface area contributed by atoms with Gasteiger partial charge in [-0.05, 0) is 42.8 Å². The van der Waals surface area contributed by atoms with E-state index in [1.807, 2.05) is 18.2 Å². The number of benzene rings is 1. The van der Waals surface area contributed by atoms with Crippen LogP contribution in [0, 0.1) is 0 Å². The first-order valence-corrected chi connectivity index (χ1v) is 8.58. The molecular formula is C14H15BrN2O2S. The van der Waals surface area contributed by atoms with E-state index >= 15 is 0 Å². The topological polar surface area (TPSA) is 50.3 Å². The molecule has 0 spiro atoms. The largest absolute Gasteiger partial charge is 0.266 e. The van der Waals surface area contributed by atoms with Crippen molar-refractivity contribution < 1.29 is 8.42 Å². The van der Waals surface area contributed by atoms with Gasteiger partial charge in [-0.15, -0.1) is 0 Å². The molecule has 4 nitrogen and oxygen atoms in total. The molecule has 0 atom stereocenters. The van der Waals surface area contributed by atoms with E-state index in [0.717, 1.165) is 10.0 Å². The van der Waals surface area contributed by atoms with Crippen molar-refractivity contribution >= 4 is 31.6 Å². The molecule has 0 fully saturated rings. The van der Waals surface area contributed by atoms with E-state index in [1.165, 1.54) is 4.31 Å². The molecule has 1 aromatic heterocycles. The van der Waals surface area contributed by atoms with Crippen LogP contribution < -0.4 is 4.31 Å². The van der Waals surface area contributed by atoms with Crippen molar-refractivity contribution in [1.29, 1.82) is 0 Å². The molecule has 0 aliphatic heterocycles. The van der Waals surface area contributed by atoms with Crippen LogP contribution in [0.2, 0.25) is 0 Å². The van der Waals surface area contributed by atoms with Crippen molar-refractivity contribution in [2.75, 3.05) is 10.1 Å². The number of anilines is 1. The van der Waals surface area contributed by atoms with Crippen molar-refractivity contribution in [2.45, 2.75) is 13.5 Å². The fraction of sp³-hybridized carbons (Fsp3) is 0.214. The molecule has 0 radical (unpaired) electrons. The summed E-state index contributed by atoms with van der Waals surface area (Å²) in [7, 11) is -3.33. The number of hydrogen-bond donors (Lipinski definition) is 0. The van der Waals surface area contributed by atoms with Crippen LogP contribution in [0.15, 0.2) is 53.3 Å². The predicted molar refractivity (Wildman–Crippen MR) is 84.0 cm³/mol. The fourth-order valence-corrected chi connectivity index (χ4v) is 3.14. The number of aromatic nitrogens is 1. The second kappa shape index (κ2) is 6.37. The standard InChI is InChI=1S/C14H15BrN2O2S/c1-2-20(18,19)17(11-12-4-3-9-16-10-12)14-7-5-13(15)6-8-14/h3-10H,2,11H2,1H3. The molecule has 106 valence electrons. The lowest BCUT2D eigenvalue weighted by Gasteiger charge is -2.23. The van der Waals surface area contributed by atoms with Crippen LogP contribution in [0.5, 0.6) is 0 Å². The van der Waals surface area contributed by atoms with Gasteiger partial charge in [-0.2, -0.15) is 0 Å². The Bertz CT molecular complexity index is 657. The summed E-state index contributed by atoms with van der Waals surface area (Å²) in [5.41, 5.74) is 1.51. The van der Waals surface area contributed by atoms with Crippen LogP contribution >= 0.6 is 15.9 Å². The van der Waals surface area contributed by atoms with Gasteiger partial charge < -0.3 is 0 Å². The Hall–Kier alpha value is -1.40. The molecule has 2 aromatic rings. The summed E-state index contributed by atoms with van der Waals surface area (Å²) < 4.78 is 26.9. The van der Waals surface area contributed by atoms with E-state index in [9.17, 15) is 8.42 Å². The number of pyridine rings is 1. The Morgan fingerprint density at radius 3 is 2.45 bits per heavy atom. The van der Waals surface area contributed by atoms with Crippen molar-refractivity contribution in [3.8, 4) is 0 Å². The summed E-state index contributed by atoms with van der Waals surface area (Å²) in [4.78, 5) is 4.02. The summed E-state index contributed by atoms with van der Waals surface area (Å²) in [6.07, 6.45) is 3.35. The van der Waals surface area contributed by atoms with E-state index in [2.05, 4.69) is 20.9 Å². The number of nitrogens with zero attached hydrogens (tertiary/aromatic N) is 2. The number of rotatable bonds is 5. The van der Waals surface area contributed by atoms with Gasteiger partial charge >= 0.3 is 0 Å². The first-order valence-electron chi connectivity index (χ1n) is 6.18. The molecule has 1 heterocycles. The van der Waals surface area contributed by atoms with Gasteiger partial charge in [0.1, 0.15) is 0 Å². The summed E-state index contributed by atoms with van der Waals surface area (Å²) in [6, 6.07) is 10.9. The normalized spacial score (nSPS) is 11.3. The molecule has 1 aromatic carbocycles. The minimum absolute atomic E-state index is 0.0589. The Morgan fingerprint density at radius 2 is 1.90 bits per heavy atom. The van der Waals surface area contributed by atoms with E-state index < -0.39 is 10.0 Å². The summed E-state index contributed by atoms with van der Waals surface area (Å²) in [5.74, 6) is 0.0589. The number of sulfonamides is 1. The third-order valence-corrected chi connectivity index (χ3v) is 5.13. The van der Waals surface area contributed by atoms with E-state index in [0.29, 0.717) is 5.69 Å². The maximum Gasteiger partial charge on any atom is 0.235 e. The second-order valence-corrected chi connectivity index (χ2v) is 7.34. The Balaban J connectivity index is 2.38. The molecule has 6 heteroatoms. The lowest BCUT2D eigenvalue weighted by molar-refractivity contribution is 0.591. The minimum atomic E-state index is -3.33. The van der Waals surface area contributed by atoms with Crippen molar-refractivity contribution in [3.63, 3.8) is 0 Å². The zero-order valence-electron chi connectivity index (χ0n) is 11.0. The monoisotopic (exact) mass is 354 g/mol. The van der Waals surface area contributed by atoms with Crippen LogP contribution in [0.4, 0.5) is 5.69 Å². The molecule has 0 amide bonds. The smallest absolute Gasteiger partial charge is 0.235 e. The second-order valence-electron chi connectivity index (χ2n) is 4.24. The van der Waals surface area contributed by atoms with Crippen LogP contribution in [0.25, 0.3) is 0 Å². The van der Waals surface area contributed by atoms with Crippen LogP contribution in [0.1, 0.15) is 12.5 Å². The molecule has 20 heavy (non-hydrogen) atoms. The van der Waals surface area contributed by atoms with Gasteiger partial charge in [0.25, 0.3) is 0 Å². The minimum Gasteiger partial charge on any atom is -0.266 e. The first-order chi connectivity index (χ1) is 9.53. The van der Waals surface area contributed by atoms with Gasteiger partial charge in [0.15, 0.2) is 0 Å². The Morgan fingerprint density at radius 1 is 1.20 bits per heavy atom. The SMILES string of the molecule is CCS(=O)(=O)N(Cc1cccnc1)c1ccc(Br)cc1. The van der Waals surface area contributed by atoms with Crippen LogP contribution in [-0.4, -0.2) is 19.2 Å². The molecule has 0 saturated heterocycles. The number of halogens is 1. The van der Waals surface area contributed by atoms with E-state index in [-0.39, 0.29) is 12.3 Å². The molecule has 2 rings (SSSR count). The molecule has 0 aliphatic rings. The predicted octanol–water partition coefficient (Wildman–Crippen LogP) is 3.20. The highest BCUT2D eigenvalue weighted by atomic mass is 79.9. The third kappa shape index (κ3) is 3.58. The van der Waals surface area contributed by atoms with Crippen molar-refractivity contribution in [1.82, 2.24) is 4.98 Å². The van der Waals surface area contributed by atoms with Crippen LogP contribution in [-0.2, 0) is 16.6 Å². The molecule has 0 bridgehead atoms. The average Bonchev–Trinajstić information content (AvgIpc) is 2.47. The highest BCUT2D eigenvalue weighted by Gasteiger charge is 2.20. The molecule has 0 aliphatic carbocycles. The van der Waals surface area contributed by atoms with Crippen LogP contribution in [0.3, 0.4) is 0 Å². The molecule has 0 saturated carbocycles. The fourth-order valence-electron chi connectivity index (χ4n) is 1.77. The lowest BCUT2D eigenvalue weighted by Crippen LogP contribution is -2.31. The summed E-state index contributed by atoms with van der Waals surface area (Å²) in [6.45, 7) is 1.93. The van der Waals surface area contributed by atoms with Gasteiger partial charge in [-0.1, -0.05) is 22.0 Å². The maximum atomic E-state index is 12.3. The van der Waals surface area contributed by atoms with Gasteiger partial charge in [-0.25, -0.2) is 8.42 Å². The summed E-state index contributed by atoms with van der Waals surface area (Å²) >= 11 is 3.35. The van der Waals surface area contributed by atoms with Crippen molar-refractivity contribution in [2.24, 2.45) is 0 Å². The zero-order valence-corrected chi connectivity index (χ0v) is 13.4. The van der Waals surface area contributed by atoms with Gasteiger partial charge in [0.2, 0.25) is 10.0 Å². The Kier molecular flexibility index (Phi) is 4.77. The van der Waals surface area contributed by atoms with Gasteiger partial charge in [0.05, 0.1) is 18.0 Å². The van der Waals surface area contributed by atoms with Gasteiger partial charge in [-0.3, -0.25) is 9.29 Å². The highest BCUT2D eigenvalue weighted by Crippen LogP contribution is 2.23. The molecule has 0 unspecified atom stereocenters. The maximum absolute atomic E-state index is 12.3. The summed E-state index contributed by atoms with van der Waals surface area (Å²) in [5, 5.41) is 0. The zero-order chi connectivity index (χ0) is 14.6. The Labute approximate surface area is 127 Å². The van der Waals surface area contributed by atoms with E-state index in [1.54, 1.807) is 37.5 Å². The van der Waals surface area contributed by atoms with E-state index in [4.69, 9.17) is 0 Å². The average molecular weight is 355 g/mol. The molecular weight excluding hydrogens is 340 g/mol. The molecule has 0 N–H and O–H groups in total. The highest BCUT2D eigenvalue weighted by molar-refractivity contribution is 9.10. The lowest BCUT2D eigenvalue weighted by atomic mass is 10.2. The number of hydrogen-bond acceptors (Lipinski definition) is 3. The first kappa shape index (κ1) is 15.0. The van der Waals surface area contributed by atoms with Crippen molar-refractivity contribution in [3.05, 3.63) is 58.8 Å². The quantitative estimate of drug-likeness (QED) is 0.828. The third-order valence-electron chi connectivity index (χ3n) is 2.86. The van der Waals surface area contributed by atoms with Gasteiger partial charge in [0, 0.05) is 16.9 Å².